The number of carbonyl (C=O) groups excluding carboxylic acids is 3. The number of rotatable bonds is 15. The molecule has 314 valence electrons. The van der Waals surface area contributed by atoms with E-state index in [0.29, 0.717) is 67.0 Å². The molecule has 1 aliphatic rings. The van der Waals surface area contributed by atoms with Gasteiger partial charge in [-0.2, -0.15) is 0 Å². The molecule has 1 atom stereocenters. The molecule has 1 aliphatic heterocycles. The van der Waals surface area contributed by atoms with Crippen molar-refractivity contribution in [2.45, 2.75) is 51.2 Å². The maximum Gasteiger partial charge on any atom is 0.411 e. The van der Waals surface area contributed by atoms with E-state index in [1.807, 2.05) is 91.0 Å². The second-order valence-corrected chi connectivity index (χ2v) is 15.6. The third-order valence-electron chi connectivity index (χ3n) is 11.2. The largest absolute Gasteiger partial charge is 0.506 e. The number of phenols is 1. The molecule has 0 unspecified atom stereocenters. The minimum Gasteiger partial charge on any atom is -0.506 e. The molecule has 5 N–H and O–H groups in total. The summed E-state index contributed by atoms with van der Waals surface area (Å²) in [7, 11) is 1.72. The quantitative estimate of drug-likeness (QED) is 0.0699. The van der Waals surface area contributed by atoms with Crippen LogP contribution in [0.5, 0.6) is 5.75 Å². The first-order chi connectivity index (χ1) is 29.6. The fourth-order valence-corrected chi connectivity index (χ4v) is 7.75. The number of nitrogens with zero attached hydrogens (tertiary/aromatic N) is 2. The molecular formula is C49H52N6O6. The van der Waals surface area contributed by atoms with Gasteiger partial charge in [-0.05, 0) is 104 Å². The fourth-order valence-electron chi connectivity index (χ4n) is 7.75. The third-order valence-corrected chi connectivity index (χ3v) is 11.2. The molecule has 0 saturated carbocycles. The highest BCUT2D eigenvalue weighted by Gasteiger charge is 2.24. The Morgan fingerprint density at radius 2 is 1.62 bits per heavy atom. The average Bonchev–Trinajstić information content (AvgIpc) is 3.28. The predicted octanol–water partition coefficient (Wildman–Crippen LogP) is 7.98. The Kier molecular flexibility index (Phi) is 13.9. The van der Waals surface area contributed by atoms with E-state index in [4.69, 9.17) is 4.74 Å². The van der Waals surface area contributed by atoms with Gasteiger partial charge in [-0.15, -0.1) is 0 Å². The highest BCUT2D eigenvalue weighted by molar-refractivity contribution is 6.05. The summed E-state index contributed by atoms with van der Waals surface area (Å²) in [6, 6.07) is 39.3. The summed E-state index contributed by atoms with van der Waals surface area (Å²) >= 11 is 0. The Morgan fingerprint density at radius 3 is 2.41 bits per heavy atom. The number of carbonyl (C=O) groups is 3. The number of aromatic hydroxyl groups is 1. The first kappa shape index (κ1) is 42.4. The number of aromatic nitrogens is 1. The van der Waals surface area contributed by atoms with Gasteiger partial charge in [0, 0.05) is 73.1 Å². The standard InChI is InChI=1S/C49H52N6O6/c1-33(50-27-23-36-17-21-44(56)47-42(36)20-22-45(57)53-47)31-34-15-18-38(19-16-34)51-48(59)37-11-8-12-39(32-37)54(2)46(58)26-30-55-28-24-40(25-29-55)61-49(60)52-43-14-7-6-13-41(43)35-9-4-3-5-10-35/h3-22,32-33,40,50,56H,23-31H2,1-2H3,(H,51,59)(H,52,60)(H,53,57)/t33-/m0/s1. The van der Waals surface area contributed by atoms with Crippen molar-refractivity contribution in [3.8, 4) is 16.9 Å². The molecule has 0 aliphatic carbocycles. The molecule has 3 amide bonds. The van der Waals surface area contributed by atoms with Crippen LogP contribution in [0.15, 0.2) is 132 Å². The number of phenolic OH excluding ortho intramolecular Hbond substituents is 1. The number of pyridine rings is 1. The van der Waals surface area contributed by atoms with Crippen LogP contribution in [-0.4, -0.2) is 78.3 Å². The summed E-state index contributed by atoms with van der Waals surface area (Å²) in [5.74, 6) is -0.269. The maximum absolute atomic E-state index is 13.3. The van der Waals surface area contributed by atoms with Gasteiger partial charge in [-0.3, -0.25) is 19.7 Å². The van der Waals surface area contributed by atoms with Crippen molar-refractivity contribution in [2.24, 2.45) is 0 Å². The van der Waals surface area contributed by atoms with Gasteiger partial charge in [0.15, 0.2) is 0 Å². The van der Waals surface area contributed by atoms with Gasteiger partial charge in [0.1, 0.15) is 11.9 Å². The zero-order valence-electron chi connectivity index (χ0n) is 34.5. The second kappa shape index (κ2) is 20.0. The second-order valence-electron chi connectivity index (χ2n) is 15.6. The number of fused-ring (bicyclic) bond motifs is 1. The Morgan fingerprint density at radius 1 is 0.869 bits per heavy atom. The molecule has 0 spiro atoms. The van der Waals surface area contributed by atoms with Gasteiger partial charge in [0.05, 0.1) is 11.2 Å². The van der Waals surface area contributed by atoms with Crippen LogP contribution >= 0.6 is 0 Å². The van der Waals surface area contributed by atoms with Crippen LogP contribution in [0.4, 0.5) is 21.9 Å². The number of nitrogens with one attached hydrogen (secondary N) is 4. The number of para-hydroxylation sites is 1. The molecule has 2 heterocycles. The smallest absolute Gasteiger partial charge is 0.411 e. The van der Waals surface area contributed by atoms with E-state index in [0.717, 1.165) is 47.0 Å². The lowest BCUT2D eigenvalue weighted by Crippen LogP contribution is -2.40. The lowest BCUT2D eigenvalue weighted by Gasteiger charge is -2.31. The van der Waals surface area contributed by atoms with Crippen LogP contribution in [0.2, 0.25) is 0 Å². The third kappa shape index (κ3) is 11.3. The molecule has 1 fully saturated rings. The Hall–Kier alpha value is -6.76. The summed E-state index contributed by atoms with van der Waals surface area (Å²) in [5, 5.41) is 20.4. The van der Waals surface area contributed by atoms with Gasteiger partial charge >= 0.3 is 6.09 Å². The highest BCUT2D eigenvalue weighted by atomic mass is 16.6. The van der Waals surface area contributed by atoms with Crippen molar-refractivity contribution in [3.05, 3.63) is 154 Å². The van der Waals surface area contributed by atoms with Crippen molar-refractivity contribution in [3.63, 3.8) is 0 Å². The first-order valence-corrected chi connectivity index (χ1v) is 20.8. The molecule has 6 aromatic rings. The number of ether oxygens (including phenoxy) is 1. The molecule has 61 heavy (non-hydrogen) atoms. The van der Waals surface area contributed by atoms with Gasteiger partial charge in [0.2, 0.25) is 11.5 Å². The van der Waals surface area contributed by atoms with E-state index >= 15 is 0 Å². The molecule has 12 heteroatoms. The van der Waals surface area contributed by atoms with E-state index in [1.165, 1.54) is 6.07 Å². The SMILES string of the molecule is C[C@@H](Cc1ccc(NC(=O)c2cccc(N(C)C(=O)CCN3CCC(OC(=O)Nc4ccccc4-c4ccccc4)CC3)c2)cc1)NCCc1ccc(O)c2[nH]c(=O)ccc12. The number of amides is 3. The van der Waals surface area contributed by atoms with Crippen molar-refractivity contribution >= 4 is 45.9 Å². The molecule has 1 saturated heterocycles. The van der Waals surface area contributed by atoms with Crippen molar-refractivity contribution in [1.29, 1.82) is 0 Å². The average molecular weight is 821 g/mol. The molecule has 1 aromatic heterocycles. The summed E-state index contributed by atoms with van der Waals surface area (Å²) in [5.41, 5.74) is 6.74. The van der Waals surface area contributed by atoms with Crippen molar-refractivity contribution in [1.82, 2.24) is 15.2 Å². The summed E-state index contributed by atoms with van der Waals surface area (Å²) in [6.45, 7) is 4.85. The Bertz CT molecular complexity index is 2520. The predicted molar refractivity (Wildman–Crippen MR) is 241 cm³/mol. The normalized spacial score (nSPS) is 13.7. The summed E-state index contributed by atoms with van der Waals surface area (Å²) in [6.07, 6.45) is 2.52. The van der Waals surface area contributed by atoms with Gasteiger partial charge in [0.25, 0.3) is 5.91 Å². The maximum atomic E-state index is 13.3. The molecule has 0 bridgehead atoms. The zero-order chi connectivity index (χ0) is 42.7. The van der Waals surface area contributed by atoms with E-state index < -0.39 is 6.09 Å². The number of H-pyrrole nitrogens is 1. The van der Waals surface area contributed by atoms with Crippen LogP contribution in [0.1, 0.15) is 47.7 Å². The topological polar surface area (TPSA) is 156 Å². The summed E-state index contributed by atoms with van der Waals surface area (Å²) in [4.78, 5) is 57.6. The number of benzene rings is 5. The van der Waals surface area contributed by atoms with Crippen LogP contribution in [-0.2, 0) is 22.4 Å². The van der Waals surface area contributed by atoms with Crippen molar-refractivity contribution < 1.29 is 24.2 Å². The summed E-state index contributed by atoms with van der Waals surface area (Å²) < 4.78 is 5.78. The van der Waals surface area contributed by atoms with Gasteiger partial charge in [-0.1, -0.05) is 72.8 Å². The van der Waals surface area contributed by atoms with E-state index in [9.17, 15) is 24.3 Å². The molecule has 0 radical (unpaired) electrons. The number of hydrogen-bond acceptors (Lipinski definition) is 8. The van der Waals surface area contributed by atoms with E-state index in [-0.39, 0.29) is 35.3 Å². The lowest BCUT2D eigenvalue weighted by molar-refractivity contribution is -0.118. The number of piperidine rings is 1. The van der Waals surface area contributed by atoms with E-state index in [2.05, 4.69) is 32.8 Å². The Balaban J connectivity index is 0.819. The van der Waals surface area contributed by atoms with Crippen LogP contribution in [0.3, 0.4) is 0 Å². The lowest BCUT2D eigenvalue weighted by atomic mass is 10.0. The monoisotopic (exact) mass is 820 g/mol. The fraction of sp³-hybridized carbons (Fsp3) is 0.265. The number of anilines is 3. The minimum atomic E-state index is -0.474. The molecule has 5 aromatic carbocycles. The van der Waals surface area contributed by atoms with Crippen LogP contribution in [0.25, 0.3) is 22.0 Å². The number of aromatic amines is 1. The van der Waals surface area contributed by atoms with Gasteiger partial charge in [-0.25, -0.2) is 4.79 Å². The molecular weight excluding hydrogens is 769 g/mol. The first-order valence-electron chi connectivity index (χ1n) is 20.8. The highest BCUT2D eigenvalue weighted by Crippen LogP contribution is 2.29. The van der Waals surface area contributed by atoms with Crippen LogP contribution < -0.4 is 26.4 Å². The van der Waals surface area contributed by atoms with E-state index in [1.54, 1.807) is 42.3 Å². The number of likely N-dealkylation sites (tertiary alicyclic amines) is 1. The Labute approximate surface area is 355 Å². The zero-order valence-corrected chi connectivity index (χ0v) is 34.5. The minimum absolute atomic E-state index is 0.0561. The number of hydrogen-bond donors (Lipinski definition) is 5. The molecule has 7 rings (SSSR count). The van der Waals surface area contributed by atoms with Gasteiger partial charge < -0.3 is 35.3 Å². The van der Waals surface area contributed by atoms with Crippen molar-refractivity contribution in [2.75, 3.05) is 48.8 Å². The van der Waals surface area contributed by atoms with Crippen LogP contribution in [0, 0.1) is 0 Å². The molecule has 12 nitrogen and oxygen atoms in total.